The molecule has 0 saturated heterocycles. The molecule has 0 N–H and O–H groups in total. The minimum atomic E-state index is -0.343. The zero-order chi connectivity index (χ0) is 19.2. The van der Waals surface area contributed by atoms with Crippen molar-refractivity contribution >= 4 is 29.2 Å². The van der Waals surface area contributed by atoms with E-state index >= 15 is 0 Å². The van der Waals surface area contributed by atoms with Gasteiger partial charge in [0, 0.05) is 20.8 Å². The van der Waals surface area contributed by atoms with Crippen LogP contribution < -0.4 is 9.47 Å². The summed E-state index contributed by atoms with van der Waals surface area (Å²) in [4.78, 5) is 14.5. The molecule has 27 heavy (non-hydrogen) atoms. The SMILES string of the molecule is COc1ccc(Sc2ccc(Sc3ccc(OC)cc3)c([N+](=O)[O-])c2)cc1. The van der Waals surface area contributed by atoms with Crippen molar-refractivity contribution in [3.05, 3.63) is 76.8 Å². The standard InChI is InChI=1S/C20H17NO4S2/c1-24-14-3-7-16(8-4-14)26-18-11-12-20(19(13-18)21(22)23)27-17-9-5-15(25-2)6-10-17/h3-13H,1-2H3. The Morgan fingerprint density at radius 2 is 1.22 bits per heavy atom. The van der Waals surface area contributed by atoms with Crippen LogP contribution in [0.2, 0.25) is 0 Å². The van der Waals surface area contributed by atoms with Gasteiger partial charge in [0.25, 0.3) is 5.69 Å². The van der Waals surface area contributed by atoms with Gasteiger partial charge in [-0.15, -0.1) is 0 Å². The van der Waals surface area contributed by atoms with Gasteiger partial charge in [-0.2, -0.15) is 0 Å². The molecule has 5 nitrogen and oxygen atoms in total. The summed E-state index contributed by atoms with van der Waals surface area (Å²) >= 11 is 2.83. The van der Waals surface area contributed by atoms with Crippen molar-refractivity contribution in [2.75, 3.05) is 14.2 Å². The van der Waals surface area contributed by atoms with E-state index in [-0.39, 0.29) is 10.6 Å². The van der Waals surface area contributed by atoms with Gasteiger partial charge < -0.3 is 9.47 Å². The van der Waals surface area contributed by atoms with Crippen LogP contribution in [-0.2, 0) is 0 Å². The Labute approximate surface area is 165 Å². The Bertz CT molecular complexity index is 928. The Morgan fingerprint density at radius 1 is 0.741 bits per heavy atom. The Kier molecular flexibility index (Phi) is 6.26. The summed E-state index contributed by atoms with van der Waals surface area (Å²) in [5, 5.41) is 11.5. The molecule has 0 aromatic heterocycles. The molecule has 0 aliphatic heterocycles. The molecule has 0 saturated carbocycles. The second-order valence-corrected chi connectivity index (χ2v) is 7.70. The average Bonchev–Trinajstić information content (AvgIpc) is 2.70. The summed E-state index contributed by atoms with van der Waals surface area (Å²) in [7, 11) is 3.22. The minimum Gasteiger partial charge on any atom is -0.497 e. The fourth-order valence-corrected chi connectivity index (χ4v) is 4.09. The van der Waals surface area contributed by atoms with Gasteiger partial charge in [-0.25, -0.2) is 0 Å². The van der Waals surface area contributed by atoms with E-state index in [4.69, 9.17) is 9.47 Å². The summed E-state index contributed by atoms with van der Waals surface area (Å²) in [5.74, 6) is 1.52. The van der Waals surface area contributed by atoms with Gasteiger partial charge in [-0.1, -0.05) is 23.5 Å². The zero-order valence-corrected chi connectivity index (χ0v) is 16.4. The maximum absolute atomic E-state index is 11.5. The predicted molar refractivity (Wildman–Crippen MR) is 107 cm³/mol. The van der Waals surface area contributed by atoms with Gasteiger partial charge in [0.1, 0.15) is 11.5 Å². The molecule has 138 valence electrons. The summed E-state index contributed by atoms with van der Waals surface area (Å²) in [6.07, 6.45) is 0. The van der Waals surface area contributed by atoms with E-state index in [2.05, 4.69) is 0 Å². The quantitative estimate of drug-likeness (QED) is 0.363. The van der Waals surface area contributed by atoms with E-state index in [1.807, 2.05) is 54.6 Å². The topological polar surface area (TPSA) is 61.6 Å². The molecular formula is C20H17NO4S2. The fourth-order valence-electron chi connectivity index (χ4n) is 2.34. The first kappa shape index (κ1) is 19.1. The third-order valence-corrected chi connectivity index (χ3v) is 5.78. The second kappa shape index (κ2) is 8.83. The highest BCUT2D eigenvalue weighted by Crippen LogP contribution is 2.39. The predicted octanol–water partition coefficient (Wildman–Crippen LogP) is 5.91. The number of rotatable bonds is 7. The van der Waals surface area contributed by atoms with Crippen LogP contribution >= 0.6 is 23.5 Å². The lowest BCUT2D eigenvalue weighted by Gasteiger charge is -2.07. The maximum atomic E-state index is 11.5. The molecule has 0 bridgehead atoms. The minimum absolute atomic E-state index is 0.0920. The lowest BCUT2D eigenvalue weighted by Crippen LogP contribution is -1.91. The molecule has 0 amide bonds. The van der Waals surface area contributed by atoms with Crippen LogP contribution in [-0.4, -0.2) is 19.1 Å². The monoisotopic (exact) mass is 399 g/mol. The number of ether oxygens (including phenoxy) is 2. The molecule has 3 aromatic carbocycles. The first-order chi connectivity index (χ1) is 13.1. The molecule has 0 spiro atoms. The molecule has 0 radical (unpaired) electrons. The molecular weight excluding hydrogens is 382 g/mol. The van der Waals surface area contributed by atoms with Crippen LogP contribution in [0.25, 0.3) is 0 Å². The Balaban J connectivity index is 1.81. The molecule has 0 heterocycles. The van der Waals surface area contributed by atoms with Gasteiger partial charge in [-0.05, 0) is 60.7 Å². The number of nitrogens with zero attached hydrogens (tertiary/aromatic N) is 1. The number of methoxy groups -OCH3 is 2. The average molecular weight is 399 g/mol. The highest BCUT2D eigenvalue weighted by atomic mass is 32.2. The van der Waals surface area contributed by atoms with E-state index < -0.39 is 0 Å². The molecule has 3 rings (SSSR count). The Hall–Kier alpha value is -2.64. The van der Waals surface area contributed by atoms with E-state index in [0.717, 1.165) is 26.2 Å². The first-order valence-electron chi connectivity index (χ1n) is 8.01. The highest BCUT2D eigenvalue weighted by Gasteiger charge is 2.16. The normalized spacial score (nSPS) is 10.4. The summed E-state index contributed by atoms with van der Waals surface area (Å²) in [6, 6.07) is 20.3. The molecule has 7 heteroatoms. The van der Waals surface area contributed by atoms with E-state index in [0.29, 0.717) is 4.90 Å². The van der Waals surface area contributed by atoms with Crippen LogP contribution in [0.3, 0.4) is 0 Å². The number of hydrogen-bond acceptors (Lipinski definition) is 6. The summed E-state index contributed by atoms with van der Waals surface area (Å²) in [5.41, 5.74) is 0.0920. The van der Waals surface area contributed by atoms with Crippen LogP contribution in [0, 0.1) is 10.1 Å². The van der Waals surface area contributed by atoms with E-state index in [1.165, 1.54) is 23.5 Å². The summed E-state index contributed by atoms with van der Waals surface area (Å²) < 4.78 is 10.3. The third kappa shape index (κ3) is 4.96. The van der Waals surface area contributed by atoms with Crippen molar-refractivity contribution in [2.45, 2.75) is 19.6 Å². The van der Waals surface area contributed by atoms with Crippen molar-refractivity contribution in [2.24, 2.45) is 0 Å². The van der Waals surface area contributed by atoms with E-state index in [1.54, 1.807) is 26.4 Å². The lowest BCUT2D eigenvalue weighted by atomic mass is 10.3. The summed E-state index contributed by atoms with van der Waals surface area (Å²) in [6.45, 7) is 0. The zero-order valence-electron chi connectivity index (χ0n) is 14.7. The molecule has 0 aliphatic carbocycles. The van der Waals surface area contributed by atoms with Gasteiger partial charge in [0.15, 0.2) is 0 Å². The van der Waals surface area contributed by atoms with Crippen LogP contribution in [0.5, 0.6) is 11.5 Å². The fraction of sp³-hybridized carbons (Fsp3) is 0.100. The molecule has 0 unspecified atom stereocenters. The Morgan fingerprint density at radius 3 is 1.70 bits per heavy atom. The van der Waals surface area contributed by atoms with Gasteiger partial charge >= 0.3 is 0 Å². The van der Waals surface area contributed by atoms with Gasteiger partial charge in [-0.3, -0.25) is 10.1 Å². The van der Waals surface area contributed by atoms with Crippen molar-refractivity contribution in [3.8, 4) is 11.5 Å². The van der Waals surface area contributed by atoms with Crippen molar-refractivity contribution < 1.29 is 14.4 Å². The number of hydrogen-bond donors (Lipinski definition) is 0. The van der Waals surface area contributed by atoms with Crippen LogP contribution in [0.4, 0.5) is 5.69 Å². The van der Waals surface area contributed by atoms with Crippen LogP contribution in [0.1, 0.15) is 0 Å². The smallest absolute Gasteiger partial charge is 0.284 e. The van der Waals surface area contributed by atoms with Gasteiger partial charge in [0.2, 0.25) is 0 Å². The van der Waals surface area contributed by atoms with E-state index in [9.17, 15) is 10.1 Å². The maximum Gasteiger partial charge on any atom is 0.284 e. The number of nitro benzene ring substituents is 1. The molecule has 0 aliphatic rings. The number of nitro groups is 1. The molecule has 3 aromatic rings. The van der Waals surface area contributed by atoms with Crippen molar-refractivity contribution in [3.63, 3.8) is 0 Å². The number of benzene rings is 3. The highest BCUT2D eigenvalue weighted by molar-refractivity contribution is 8.00. The largest absolute Gasteiger partial charge is 0.497 e. The lowest BCUT2D eigenvalue weighted by molar-refractivity contribution is -0.387. The van der Waals surface area contributed by atoms with Crippen LogP contribution in [0.15, 0.2) is 86.3 Å². The van der Waals surface area contributed by atoms with Gasteiger partial charge in [0.05, 0.1) is 24.0 Å². The van der Waals surface area contributed by atoms with Crippen molar-refractivity contribution in [1.82, 2.24) is 0 Å². The van der Waals surface area contributed by atoms with Crippen molar-refractivity contribution in [1.29, 1.82) is 0 Å². The molecule has 0 fully saturated rings. The third-order valence-electron chi connectivity index (χ3n) is 3.71. The second-order valence-electron chi connectivity index (χ2n) is 5.44. The molecule has 0 atom stereocenters. The first-order valence-corrected chi connectivity index (χ1v) is 9.64.